The first kappa shape index (κ1) is 18.1. The molecule has 2 heterocycles. The van der Waals surface area contributed by atoms with Crippen LogP contribution in [0.4, 0.5) is 11.5 Å². The predicted octanol–water partition coefficient (Wildman–Crippen LogP) is 2.72. The van der Waals surface area contributed by atoms with Gasteiger partial charge in [-0.3, -0.25) is 9.69 Å². The molecule has 1 aliphatic rings. The number of nitro groups is 1. The highest BCUT2D eigenvalue weighted by atomic mass is 16.6. The third kappa shape index (κ3) is 4.66. The number of amides is 1. The van der Waals surface area contributed by atoms with Crippen LogP contribution >= 0.6 is 0 Å². The molecule has 1 amide bonds. The zero-order valence-electron chi connectivity index (χ0n) is 14.9. The molecule has 0 aliphatic carbocycles. The number of nitrogens with one attached hydrogen (secondary N) is 1. The fraction of sp³-hybridized carbons (Fsp3) is 0.444. The Kier molecular flexibility index (Phi) is 5.62. The summed E-state index contributed by atoms with van der Waals surface area (Å²) < 4.78 is 1.11. The molecule has 0 spiro atoms. The fourth-order valence-electron chi connectivity index (χ4n) is 3.20. The number of anilines is 1. The molecular formula is C18H23N5O3. The summed E-state index contributed by atoms with van der Waals surface area (Å²) in [7, 11) is 0. The number of likely N-dealkylation sites (tertiary alicyclic amines) is 1. The van der Waals surface area contributed by atoms with E-state index in [-0.39, 0.29) is 18.3 Å². The molecule has 2 aromatic rings. The Morgan fingerprint density at radius 2 is 1.92 bits per heavy atom. The topological polar surface area (TPSA) is 93.3 Å². The highest BCUT2D eigenvalue weighted by molar-refractivity contribution is 5.90. The summed E-state index contributed by atoms with van der Waals surface area (Å²) in [4.78, 5) is 25.1. The van der Waals surface area contributed by atoms with Gasteiger partial charge in [0.1, 0.15) is 0 Å². The minimum Gasteiger partial charge on any atom is -0.358 e. The Morgan fingerprint density at radius 1 is 1.23 bits per heavy atom. The van der Waals surface area contributed by atoms with Gasteiger partial charge in [-0.1, -0.05) is 23.7 Å². The minimum atomic E-state index is -0.539. The van der Waals surface area contributed by atoms with Gasteiger partial charge < -0.3 is 15.4 Å². The molecule has 0 atom stereocenters. The molecule has 1 aromatic heterocycles. The van der Waals surface area contributed by atoms with Crippen molar-refractivity contribution in [3.8, 4) is 0 Å². The molecule has 3 rings (SSSR count). The van der Waals surface area contributed by atoms with Crippen LogP contribution in [0.3, 0.4) is 0 Å². The summed E-state index contributed by atoms with van der Waals surface area (Å²) in [6.07, 6.45) is 3.83. The lowest BCUT2D eigenvalue weighted by molar-refractivity contribution is -0.392. The number of aryl methyl sites for hydroxylation is 1. The molecule has 1 fully saturated rings. The van der Waals surface area contributed by atoms with Crippen molar-refractivity contribution in [3.05, 3.63) is 51.7 Å². The van der Waals surface area contributed by atoms with Crippen LogP contribution in [0, 0.1) is 17.0 Å². The Morgan fingerprint density at radius 3 is 2.58 bits per heavy atom. The van der Waals surface area contributed by atoms with Crippen molar-refractivity contribution < 1.29 is 9.72 Å². The number of hydrogen-bond acceptors (Lipinski definition) is 5. The molecule has 26 heavy (non-hydrogen) atoms. The molecule has 8 heteroatoms. The first-order chi connectivity index (χ1) is 12.5. The Labute approximate surface area is 151 Å². The smallest absolute Gasteiger partial charge is 0.345 e. The van der Waals surface area contributed by atoms with E-state index in [0.717, 1.165) is 24.3 Å². The Hall–Kier alpha value is -2.74. The van der Waals surface area contributed by atoms with E-state index in [0.29, 0.717) is 11.4 Å². The largest absolute Gasteiger partial charge is 0.358 e. The van der Waals surface area contributed by atoms with Crippen molar-refractivity contribution in [3.63, 3.8) is 0 Å². The van der Waals surface area contributed by atoms with Gasteiger partial charge in [-0.05, 0) is 55.5 Å². The van der Waals surface area contributed by atoms with E-state index in [1.165, 1.54) is 30.9 Å². The summed E-state index contributed by atoms with van der Waals surface area (Å²) in [5.41, 5.74) is 2.39. The van der Waals surface area contributed by atoms with Crippen LogP contribution in [0.25, 0.3) is 0 Å². The third-order valence-corrected chi connectivity index (χ3v) is 4.45. The number of carbonyl (C=O) groups excluding carboxylic acids is 1. The molecule has 1 aromatic carbocycles. The van der Waals surface area contributed by atoms with E-state index in [2.05, 4.69) is 15.3 Å². The number of aromatic nitrogens is 2. The van der Waals surface area contributed by atoms with E-state index in [1.54, 1.807) is 6.92 Å². The summed E-state index contributed by atoms with van der Waals surface area (Å²) in [6, 6.07) is 9.08. The minimum absolute atomic E-state index is 0.186. The second kappa shape index (κ2) is 8.09. The number of rotatable bonds is 6. The van der Waals surface area contributed by atoms with Crippen molar-refractivity contribution >= 4 is 17.4 Å². The molecule has 0 unspecified atom stereocenters. The van der Waals surface area contributed by atoms with Gasteiger partial charge in [0.25, 0.3) is 5.91 Å². The van der Waals surface area contributed by atoms with Crippen LogP contribution in [0.15, 0.2) is 30.3 Å². The molecule has 1 aliphatic heterocycles. The van der Waals surface area contributed by atoms with Gasteiger partial charge in [0, 0.05) is 12.2 Å². The Bertz CT molecular complexity index is 779. The van der Waals surface area contributed by atoms with Gasteiger partial charge in [0.2, 0.25) is 0 Å². The van der Waals surface area contributed by atoms with Crippen molar-refractivity contribution in [1.82, 2.24) is 14.7 Å². The molecule has 1 N–H and O–H groups in total. The second-order valence-electron chi connectivity index (χ2n) is 6.64. The normalized spacial score (nSPS) is 15.0. The number of benzene rings is 1. The van der Waals surface area contributed by atoms with Crippen molar-refractivity contribution in [1.29, 1.82) is 0 Å². The lowest BCUT2D eigenvalue weighted by Crippen LogP contribution is -2.29. The van der Waals surface area contributed by atoms with Crippen molar-refractivity contribution in [2.24, 2.45) is 0 Å². The zero-order chi connectivity index (χ0) is 18.5. The van der Waals surface area contributed by atoms with Crippen molar-refractivity contribution in [2.45, 2.75) is 39.3 Å². The monoisotopic (exact) mass is 357 g/mol. The average molecular weight is 357 g/mol. The zero-order valence-corrected chi connectivity index (χ0v) is 14.9. The molecular weight excluding hydrogens is 334 g/mol. The van der Waals surface area contributed by atoms with Gasteiger partial charge in [-0.2, -0.15) is 0 Å². The summed E-state index contributed by atoms with van der Waals surface area (Å²) >= 11 is 0. The van der Waals surface area contributed by atoms with Crippen molar-refractivity contribution in [2.75, 3.05) is 18.4 Å². The van der Waals surface area contributed by atoms with Crippen LogP contribution < -0.4 is 5.32 Å². The van der Waals surface area contributed by atoms with Gasteiger partial charge in [0.05, 0.1) is 11.8 Å². The highest BCUT2D eigenvalue weighted by Crippen LogP contribution is 2.16. The van der Waals surface area contributed by atoms with Crippen LogP contribution in [0.5, 0.6) is 0 Å². The van der Waals surface area contributed by atoms with Crippen LogP contribution in [-0.2, 0) is 17.9 Å². The van der Waals surface area contributed by atoms with E-state index < -0.39 is 4.92 Å². The van der Waals surface area contributed by atoms with Gasteiger partial charge in [-0.15, -0.1) is 4.68 Å². The molecule has 8 nitrogen and oxygen atoms in total. The highest BCUT2D eigenvalue weighted by Gasteiger charge is 2.19. The Balaban J connectivity index is 1.57. The first-order valence-corrected chi connectivity index (χ1v) is 8.81. The van der Waals surface area contributed by atoms with Gasteiger partial charge in [-0.25, -0.2) is 0 Å². The fourth-order valence-corrected chi connectivity index (χ4v) is 3.20. The van der Waals surface area contributed by atoms with Gasteiger partial charge >= 0.3 is 5.82 Å². The molecule has 138 valence electrons. The lowest BCUT2D eigenvalue weighted by Gasteiger charge is -2.26. The molecule has 0 saturated carbocycles. The molecule has 1 saturated heterocycles. The SMILES string of the molecule is Cc1cc([N+](=O)[O-])n(CC(=O)Nc2ccc(CN3CCCCC3)cc2)n1. The average Bonchev–Trinajstić information content (AvgIpc) is 2.98. The first-order valence-electron chi connectivity index (χ1n) is 8.81. The maximum Gasteiger partial charge on any atom is 0.345 e. The van der Waals surface area contributed by atoms with E-state index in [9.17, 15) is 14.9 Å². The van der Waals surface area contributed by atoms with E-state index in [4.69, 9.17) is 0 Å². The summed E-state index contributed by atoms with van der Waals surface area (Å²) in [6.45, 7) is 4.66. The van der Waals surface area contributed by atoms with Gasteiger partial charge in [0.15, 0.2) is 6.54 Å². The number of carbonyl (C=O) groups is 1. The lowest BCUT2D eigenvalue weighted by atomic mass is 10.1. The number of hydrogen-bond donors (Lipinski definition) is 1. The maximum absolute atomic E-state index is 12.2. The number of nitrogens with zero attached hydrogens (tertiary/aromatic N) is 4. The second-order valence-corrected chi connectivity index (χ2v) is 6.64. The van der Waals surface area contributed by atoms with E-state index in [1.807, 2.05) is 24.3 Å². The standard InChI is InChI=1S/C18H23N5O3/c1-14-11-18(23(25)26)22(20-14)13-17(24)19-16-7-5-15(6-8-16)12-21-9-3-2-4-10-21/h5-8,11H,2-4,9-10,12-13H2,1H3,(H,19,24). The van der Waals surface area contributed by atoms with E-state index >= 15 is 0 Å². The molecule has 0 bridgehead atoms. The predicted molar refractivity (Wildman–Crippen MR) is 97.8 cm³/mol. The number of piperidine rings is 1. The summed E-state index contributed by atoms with van der Waals surface area (Å²) in [5.74, 6) is -0.533. The third-order valence-electron chi connectivity index (χ3n) is 4.45. The van der Waals surface area contributed by atoms with Crippen LogP contribution in [0.1, 0.15) is 30.5 Å². The summed E-state index contributed by atoms with van der Waals surface area (Å²) in [5, 5.41) is 17.7. The van der Waals surface area contributed by atoms with Crippen LogP contribution in [-0.4, -0.2) is 38.6 Å². The van der Waals surface area contributed by atoms with Crippen LogP contribution in [0.2, 0.25) is 0 Å². The molecule has 0 radical (unpaired) electrons. The maximum atomic E-state index is 12.2. The quantitative estimate of drug-likeness (QED) is 0.634.